The minimum atomic E-state index is -4.62. The van der Waals surface area contributed by atoms with Crippen molar-refractivity contribution in [2.45, 2.75) is 19.1 Å². The Hall–Kier alpha value is -3.82. The number of carbonyl (C=O) groups excluding carboxylic acids is 1. The Labute approximate surface area is 169 Å². The standard InChI is InChI=1S/C20H17F3N6O/c21-20(22,23)14-10-26-19(27-13-5-6-16-12(7-13)8-17(30)28-16)29-18(14)25-9-11-3-1-2-4-15(11)24/h1-7,10H,8-9,24H2,(H,28,30)(H2,25,26,27,29). The SMILES string of the molecule is Nc1ccccc1CNc1nc(Nc2ccc3c(c2)CC(=O)N3)ncc1C(F)(F)F. The zero-order valence-corrected chi connectivity index (χ0v) is 15.5. The molecule has 0 fully saturated rings. The van der Waals surface area contributed by atoms with Crippen LogP contribution in [0.25, 0.3) is 0 Å². The van der Waals surface area contributed by atoms with Gasteiger partial charge in [-0.25, -0.2) is 4.98 Å². The molecule has 10 heteroatoms. The van der Waals surface area contributed by atoms with Crippen LogP contribution in [0.2, 0.25) is 0 Å². The molecule has 1 amide bonds. The molecule has 0 bridgehead atoms. The molecule has 1 aliphatic heterocycles. The molecule has 7 nitrogen and oxygen atoms in total. The summed E-state index contributed by atoms with van der Waals surface area (Å²) in [4.78, 5) is 19.3. The number of nitrogens with one attached hydrogen (secondary N) is 3. The van der Waals surface area contributed by atoms with Crippen LogP contribution in [0, 0.1) is 0 Å². The number of rotatable bonds is 5. The third-order valence-corrected chi connectivity index (χ3v) is 4.58. The van der Waals surface area contributed by atoms with Gasteiger partial charge in [-0.1, -0.05) is 18.2 Å². The number of nitrogen functional groups attached to an aromatic ring is 1. The molecular weight excluding hydrogens is 397 g/mol. The summed E-state index contributed by atoms with van der Waals surface area (Å²) in [6.45, 7) is 0.0683. The first kappa shape index (κ1) is 19.5. The van der Waals surface area contributed by atoms with Gasteiger partial charge < -0.3 is 21.7 Å². The number of nitrogens with zero attached hydrogens (tertiary/aromatic N) is 2. The summed E-state index contributed by atoms with van der Waals surface area (Å²) in [5.74, 6) is -0.482. The second kappa shape index (κ2) is 7.54. The van der Waals surface area contributed by atoms with Crippen molar-refractivity contribution in [1.29, 1.82) is 0 Å². The Bertz CT molecular complexity index is 1120. The van der Waals surface area contributed by atoms with Gasteiger partial charge in [0.15, 0.2) is 0 Å². The molecule has 0 unspecified atom stereocenters. The molecule has 154 valence electrons. The van der Waals surface area contributed by atoms with Gasteiger partial charge in [0.25, 0.3) is 0 Å². The molecule has 1 aliphatic rings. The van der Waals surface area contributed by atoms with Crippen LogP contribution in [-0.2, 0) is 23.9 Å². The predicted octanol–water partition coefficient (Wildman–Crippen LogP) is 3.93. The number of aromatic nitrogens is 2. The number of hydrogen-bond donors (Lipinski definition) is 4. The van der Waals surface area contributed by atoms with Gasteiger partial charge >= 0.3 is 6.18 Å². The van der Waals surface area contributed by atoms with Crippen LogP contribution < -0.4 is 21.7 Å². The lowest BCUT2D eigenvalue weighted by molar-refractivity contribution is -0.137. The first-order valence-electron chi connectivity index (χ1n) is 9.01. The highest BCUT2D eigenvalue weighted by molar-refractivity contribution is 5.99. The van der Waals surface area contributed by atoms with Crippen molar-refractivity contribution in [2.24, 2.45) is 0 Å². The normalized spacial score (nSPS) is 13.0. The van der Waals surface area contributed by atoms with Gasteiger partial charge in [0.1, 0.15) is 11.4 Å². The summed E-state index contributed by atoms with van der Waals surface area (Å²) in [6, 6.07) is 12.0. The van der Waals surface area contributed by atoms with Crippen LogP contribution in [0.3, 0.4) is 0 Å². The zero-order valence-electron chi connectivity index (χ0n) is 15.5. The summed E-state index contributed by atoms with van der Waals surface area (Å²) in [6.07, 6.45) is -3.66. The Morgan fingerprint density at radius 3 is 2.73 bits per heavy atom. The Kier molecular flexibility index (Phi) is 4.90. The van der Waals surface area contributed by atoms with Crippen molar-refractivity contribution in [3.63, 3.8) is 0 Å². The average molecular weight is 414 g/mol. The summed E-state index contributed by atoms with van der Waals surface area (Å²) in [7, 11) is 0. The molecule has 0 atom stereocenters. The molecule has 0 radical (unpaired) electrons. The fraction of sp³-hybridized carbons (Fsp3) is 0.150. The van der Waals surface area contributed by atoms with Crippen LogP contribution in [0.15, 0.2) is 48.7 Å². The van der Waals surface area contributed by atoms with E-state index in [0.717, 1.165) is 11.8 Å². The van der Waals surface area contributed by atoms with Crippen molar-refractivity contribution in [3.8, 4) is 0 Å². The van der Waals surface area contributed by atoms with E-state index in [0.29, 0.717) is 22.6 Å². The van der Waals surface area contributed by atoms with E-state index in [1.165, 1.54) is 0 Å². The van der Waals surface area contributed by atoms with Crippen LogP contribution in [-0.4, -0.2) is 15.9 Å². The maximum Gasteiger partial charge on any atom is 0.421 e. The topological polar surface area (TPSA) is 105 Å². The number of para-hydroxylation sites is 1. The molecule has 30 heavy (non-hydrogen) atoms. The van der Waals surface area contributed by atoms with Crippen molar-refractivity contribution in [2.75, 3.05) is 21.7 Å². The Balaban J connectivity index is 1.59. The largest absolute Gasteiger partial charge is 0.421 e. The third-order valence-electron chi connectivity index (χ3n) is 4.58. The van der Waals surface area contributed by atoms with E-state index in [1.54, 1.807) is 42.5 Å². The van der Waals surface area contributed by atoms with Crippen molar-refractivity contribution in [1.82, 2.24) is 9.97 Å². The van der Waals surface area contributed by atoms with Crippen LogP contribution >= 0.6 is 0 Å². The molecule has 1 aromatic heterocycles. The van der Waals surface area contributed by atoms with E-state index >= 15 is 0 Å². The lowest BCUT2D eigenvalue weighted by Gasteiger charge is -2.15. The number of nitrogens with two attached hydrogens (primary N) is 1. The molecule has 4 rings (SSSR count). The minimum absolute atomic E-state index is 0.0104. The first-order chi connectivity index (χ1) is 14.3. The monoisotopic (exact) mass is 414 g/mol. The van der Waals surface area contributed by atoms with Crippen LogP contribution in [0.5, 0.6) is 0 Å². The number of anilines is 5. The minimum Gasteiger partial charge on any atom is -0.398 e. The van der Waals surface area contributed by atoms with Gasteiger partial charge in [-0.2, -0.15) is 18.2 Å². The second-order valence-electron chi connectivity index (χ2n) is 6.73. The quantitative estimate of drug-likeness (QED) is 0.472. The number of halogens is 3. The zero-order chi connectivity index (χ0) is 21.3. The molecule has 3 aromatic rings. The summed E-state index contributed by atoms with van der Waals surface area (Å²) in [5.41, 5.74) is 8.05. The van der Waals surface area contributed by atoms with E-state index in [1.807, 2.05) is 0 Å². The molecule has 2 heterocycles. The number of amides is 1. The van der Waals surface area contributed by atoms with Gasteiger partial charge in [0.2, 0.25) is 11.9 Å². The van der Waals surface area contributed by atoms with Gasteiger partial charge in [-0.3, -0.25) is 4.79 Å². The maximum absolute atomic E-state index is 13.4. The number of carbonyl (C=O) groups is 1. The first-order valence-corrected chi connectivity index (χ1v) is 9.01. The number of benzene rings is 2. The lowest BCUT2D eigenvalue weighted by atomic mass is 10.1. The van der Waals surface area contributed by atoms with E-state index in [2.05, 4.69) is 25.9 Å². The fourth-order valence-corrected chi connectivity index (χ4v) is 3.09. The fourth-order valence-electron chi connectivity index (χ4n) is 3.09. The summed E-state index contributed by atoms with van der Waals surface area (Å²) < 4.78 is 40.2. The third kappa shape index (κ3) is 4.12. The van der Waals surface area contributed by atoms with Crippen molar-refractivity contribution in [3.05, 3.63) is 65.4 Å². The molecule has 0 saturated heterocycles. The van der Waals surface area contributed by atoms with E-state index in [9.17, 15) is 18.0 Å². The highest BCUT2D eigenvalue weighted by Gasteiger charge is 2.35. The average Bonchev–Trinajstić information content (AvgIpc) is 3.06. The maximum atomic E-state index is 13.4. The number of alkyl halides is 3. The van der Waals surface area contributed by atoms with Crippen LogP contribution in [0.1, 0.15) is 16.7 Å². The second-order valence-corrected chi connectivity index (χ2v) is 6.73. The predicted molar refractivity (Wildman–Crippen MR) is 107 cm³/mol. The molecule has 0 saturated carbocycles. The number of fused-ring (bicyclic) bond motifs is 1. The van der Waals surface area contributed by atoms with Gasteiger partial charge in [-0.15, -0.1) is 0 Å². The summed E-state index contributed by atoms with van der Waals surface area (Å²) in [5, 5.41) is 8.30. The van der Waals surface area contributed by atoms with Gasteiger partial charge in [-0.05, 0) is 35.4 Å². The van der Waals surface area contributed by atoms with Gasteiger partial charge in [0, 0.05) is 29.8 Å². The Morgan fingerprint density at radius 2 is 1.97 bits per heavy atom. The molecular formula is C20H17F3N6O. The van der Waals surface area contributed by atoms with Crippen molar-refractivity contribution < 1.29 is 18.0 Å². The summed E-state index contributed by atoms with van der Waals surface area (Å²) >= 11 is 0. The highest BCUT2D eigenvalue weighted by Crippen LogP contribution is 2.35. The van der Waals surface area contributed by atoms with E-state index in [4.69, 9.17) is 5.73 Å². The lowest BCUT2D eigenvalue weighted by Crippen LogP contribution is -2.14. The number of hydrogen-bond acceptors (Lipinski definition) is 6. The Morgan fingerprint density at radius 1 is 1.17 bits per heavy atom. The smallest absolute Gasteiger partial charge is 0.398 e. The van der Waals surface area contributed by atoms with E-state index < -0.39 is 11.7 Å². The molecule has 0 spiro atoms. The molecule has 0 aliphatic carbocycles. The van der Waals surface area contributed by atoms with Crippen LogP contribution in [0.4, 0.5) is 42.0 Å². The van der Waals surface area contributed by atoms with E-state index in [-0.39, 0.29) is 30.6 Å². The van der Waals surface area contributed by atoms with Gasteiger partial charge in [0.05, 0.1) is 6.42 Å². The molecule has 5 N–H and O–H groups in total. The highest BCUT2D eigenvalue weighted by atomic mass is 19.4. The van der Waals surface area contributed by atoms with Crippen molar-refractivity contribution >= 4 is 34.7 Å². The molecule has 2 aromatic carbocycles.